The van der Waals surface area contributed by atoms with Gasteiger partial charge in [-0.05, 0) is 42.5 Å². The van der Waals surface area contributed by atoms with Crippen LogP contribution in [0.3, 0.4) is 0 Å². The SMILES string of the molecule is CCCCn1nc(C(=O)Nc2ccc([C@H](C)CC)cc2)c2ccccc2c1=O. The van der Waals surface area contributed by atoms with Crippen molar-refractivity contribution in [3.63, 3.8) is 0 Å². The highest BCUT2D eigenvalue weighted by molar-refractivity contribution is 6.11. The van der Waals surface area contributed by atoms with Crippen LogP contribution in [0, 0.1) is 0 Å². The maximum Gasteiger partial charge on any atom is 0.276 e. The fourth-order valence-corrected chi connectivity index (χ4v) is 3.18. The molecule has 0 spiro atoms. The number of unbranched alkanes of at least 4 members (excludes halogenated alkanes) is 1. The molecule has 0 saturated heterocycles. The van der Waals surface area contributed by atoms with E-state index in [1.807, 2.05) is 36.4 Å². The second-order valence-electron chi connectivity index (χ2n) is 7.16. The molecule has 5 nitrogen and oxygen atoms in total. The van der Waals surface area contributed by atoms with Gasteiger partial charge < -0.3 is 5.32 Å². The Labute approximate surface area is 165 Å². The molecule has 0 aliphatic heterocycles. The number of carbonyl (C=O) groups is 1. The second-order valence-corrected chi connectivity index (χ2v) is 7.16. The van der Waals surface area contributed by atoms with E-state index in [0.717, 1.165) is 19.3 Å². The summed E-state index contributed by atoms with van der Waals surface area (Å²) in [5, 5.41) is 8.40. The van der Waals surface area contributed by atoms with Crippen molar-refractivity contribution in [2.45, 2.75) is 52.5 Å². The van der Waals surface area contributed by atoms with Crippen molar-refractivity contribution in [3.05, 3.63) is 70.1 Å². The van der Waals surface area contributed by atoms with Gasteiger partial charge >= 0.3 is 0 Å². The first-order valence-corrected chi connectivity index (χ1v) is 9.96. The van der Waals surface area contributed by atoms with E-state index in [2.05, 4.69) is 31.2 Å². The molecular formula is C23H27N3O2. The van der Waals surface area contributed by atoms with Crippen molar-refractivity contribution >= 4 is 22.4 Å². The number of hydrogen-bond donors (Lipinski definition) is 1. The van der Waals surface area contributed by atoms with Gasteiger partial charge in [-0.2, -0.15) is 5.10 Å². The lowest BCUT2D eigenvalue weighted by Crippen LogP contribution is -2.27. The number of aryl methyl sites for hydroxylation is 1. The molecule has 1 atom stereocenters. The van der Waals surface area contributed by atoms with Crippen molar-refractivity contribution in [1.29, 1.82) is 0 Å². The maximum absolute atomic E-state index is 13.0. The number of amides is 1. The Bertz CT molecular complexity index is 1020. The molecule has 0 fully saturated rings. The van der Waals surface area contributed by atoms with Crippen LogP contribution in [0.2, 0.25) is 0 Å². The molecule has 28 heavy (non-hydrogen) atoms. The van der Waals surface area contributed by atoms with Crippen molar-refractivity contribution in [2.75, 3.05) is 5.32 Å². The third-order valence-corrected chi connectivity index (χ3v) is 5.16. The number of anilines is 1. The van der Waals surface area contributed by atoms with Crippen LogP contribution in [0.5, 0.6) is 0 Å². The van der Waals surface area contributed by atoms with Crippen molar-refractivity contribution in [1.82, 2.24) is 9.78 Å². The Balaban J connectivity index is 1.94. The van der Waals surface area contributed by atoms with Crippen LogP contribution >= 0.6 is 0 Å². The van der Waals surface area contributed by atoms with E-state index in [1.54, 1.807) is 12.1 Å². The smallest absolute Gasteiger partial charge is 0.276 e. The lowest BCUT2D eigenvalue weighted by molar-refractivity contribution is 0.102. The second kappa shape index (κ2) is 8.83. The van der Waals surface area contributed by atoms with E-state index >= 15 is 0 Å². The Kier molecular flexibility index (Phi) is 6.24. The summed E-state index contributed by atoms with van der Waals surface area (Å²) in [4.78, 5) is 25.6. The number of carbonyl (C=O) groups excluding carboxylic acids is 1. The quantitative estimate of drug-likeness (QED) is 0.633. The first-order valence-electron chi connectivity index (χ1n) is 9.96. The molecule has 0 saturated carbocycles. The largest absolute Gasteiger partial charge is 0.321 e. The average Bonchev–Trinajstić information content (AvgIpc) is 2.73. The van der Waals surface area contributed by atoms with E-state index in [-0.39, 0.29) is 17.2 Å². The van der Waals surface area contributed by atoms with E-state index in [0.29, 0.717) is 28.9 Å². The van der Waals surface area contributed by atoms with E-state index in [1.165, 1.54) is 10.2 Å². The van der Waals surface area contributed by atoms with Gasteiger partial charge in [-0.15, -0.1) is 0 Å². The summed E-state index contributed by atoms with van der Waals surface area (Å²) in [7, 11) is 0. The maximum atomic E-state index is 13.0. The zero-order valence-electron chi connectivity index (χ0n) is 16.7. The summed E-state index contributed by atoms with van der Waals surface area (Å²) in [5.41, 5.74) is 2.09. The normalized spacial score (nSPS) is 12.1. The van der Waals surface area contributed by atoms with Crippen molar-refractivity contribution in [3.8, 4) is 0 Å². The monoisotopic (exact) mass is 377 g/mol. The number of rotatable bonds is 7. The van der Waals surface area contributed by atoms with Gasteiger partial charge in [0.1, 0.15) is 0 Å². The van der Waals surface area contributed by atoms with Gasteiger partial charge in [-0.1, -0.05) is 57.5 Å². The number of nitrogens with one attached hydrogen (secondary N) is 1. The molecule has 1 aromatic heterocycles. The number of benzene rings is 2. The summed E-state index contributed by atoms with van der Waals surface area (Å²) < 4.78 is 1.41. The zero-order valence-corrected chi connectivity index (χ0v) is 16.7. The van der Waals surface area contributed by atoms with Crippen LogP contribution in [0.25, 0.3) is 10.8 Å². The highest BCUT2D eigenvalue weighted by atomic mass is 16.2. The number of hydrogen-bond acceptors (Lipinski definition) is 3. The van der Waals surface area contributed by atoms with Crippen LogP contribution in [0.4, 0.5) is 5.69 Å². The van der Waals surface area contributed by atoms with Crippen LogP contribution in [-0.2, 0) is 6.54 Å². The van der Waals surface area contributed by atoms with Crippen molar-refractivity contribution < 1.29 is 4.79 Å². The molecule has 0 aliphatic carbocycles. The fourth-order valence-electron chi connectivity index (χ4n) is 3.18. The van der Waals surface area contributed by atoms with Crippen LogP contribution in [0.15, 0.2) is 53.3 Å². The van der Waals surface area contributed by atoms with E-state index in [4.69, 9.17) is 0 Å². The van der Waals surface area contributed by atoms with Gasteiger partial charge in [0, 0.05) is 17.6 Å². The van der Waals surface area contributed by atoms with Crippen LogP contribution < -0.4 is 10.9 Å². The zero-order chi connectivity index (χ0) is 20.1. The molecule has 2 aromatic carbocycles. The van der Waals surface area contributed by atoms with Crippen molar-refractivity contribution in [2.24, 2.45) is 0 Å². The lowest BCUT2D eigenvalue weighted by Gasteiger charge is -2.12. The third kappa shape index (κ3) is 4.14. The van der Waals surface area contributed by atoms with Gasteiger partial charge in [-0.3, -0.25) is 9.59 Å². The highest BCUT2D eigenvalue weighted by Gasteiger charge is 2.17. The van der Waals surface area contributed by atoms with Gasteiger partial charge in [-0.25, -0.2) is 4.68 Å². The number of fused-ring (bicyclic) bond motifs is 1. The van der Waals surface area contributed by atoms with Gasteiger partial charge in [0.15, 0.2) is 5.69 Å². The first-order chi connectivity index (χ1) is 13.5. The minimum atomic E-state index is -0.308. The molecule has 0 aliphatic rings. The highest BCUT2D eigenvalue weighted by Crippen LogP contribution is 2.21. The average molecular weight is 377 g/mol. The van der Waals surface area contributed by atoms with Crippen LogP contribution in [0.1, 0.15) is 62.0 Å². The van der Waals surface area contributed by atoms with E-state index in [9.17, 15) is 9.59 Å². The molecule has 3 rings (SSSR count). The molecule has 3 aromatic rings. The third-order valence-electron chi connectivity index (χ3n) is 5.16. The summed E-state index contributed by atoms with van der Waals surface area (Å²) in [5.74, 6) is 0.176. The Morgan fingerprint density at radius 3 is 2.39 bits per heavy atom. The number of aromatic nitrogens is 2. The molecule has 5 heteroatoms. The molecule has 1 heterocycles. The summed E-state index contributed by atoms with van der Waals surface area (Å²) in [6.07, 6.45) is 2.86. The first kappa shape index (κ1) is 19.8. The van der Waals surface area contributed by atoms with Gasteiger partial charge in [0.05, 0.1) is 5.39 Å². The standard InChI is InChI=1S/C23H27N3O2/c1-4-6-15-26-23(28)20-10-8-7-9-19(20)21(25-26)22(27)24-18-13-11-17(12-14-18)16(3)5-2/h7-14,16H,4-6,15H2,1-3H3,(H,24,27)/t16-/m1/s1. The minimum Gasteiger partial charge on any atom is -0.321 e. The van der Waals surface area contributed by atoms with E-state index < -0.39 is 0 Å². The fraction of sp³-hybridized carbons (Fsp3) is 0.348. The molecule has 0 bridgehead atoms. The summed E-state index contributed by atoms with van der Waals surface area (Å²) >= 11 is 0. The molecule has 0 unspecified atom stereocenters. The molecular weight excluding hydrogens is 350 g/mol. The Morgan fingerprint density at radius 1 is 1.07 bits per heavy atom. The molecule has 1 amide bonds. The predicted molar refractivity (Wildman–Crippen MR) is 114 cm³/mol. The summed E-state index contributed by atoms with van der Waals surface area (Å²) in [6, 6.07) is 15.0. The lowest BCUT2D eigenvalue weighted by atomic mass is 9.98. The summed E-state index contributed by atoms with van der Waals surface area (Å²) in [6.45, 7) is 6.90. The van der Waals surface area contributed by atoms with Gasteiger partial charge in [0.2, 0.25) is 0 Å². The topological polar surface area (TPSA) is 64.0 Å². The number of nitrogens with zero attached hydrogens (tertiary/aromatic N) is 2. The Hall–Kier alpha value is -2.95. The molecule has 146 valence electrons. The Morgan fingerprint density at radius 2 is 1.75 bits per heavy atom. The van der Waals surface area contributed by atoms with Crippen LogP contribution in [-0.4, -0.2) is 15.7 Å². The van der Waals surface area contributed by atoms with Gasteiger partial charge in [0.25, 0.3) is 11.5 Å². The minimum absolute atomic E-state index is 0.154. The molecule has 0 radical (unpaired) electrons. The predicted octanol–water partition coefficient (Wildman–Crippen LogP) is 4.96. The molecule has 1 N–H and O–H groups in total.